The number of nitrogens with zero attached hydrogens (tertiary/aromatic N) is 1. The van der Waals surface area contributed by atoms with Crippen LogP contribution < -0.4 is 0 Å². The molecule has 1 amide bonds. The predicted octanol–water partition coefficient (Wildman–Crippen LogP) is 3.31. The van der Waals surface area contributed by atoms with Gasteiger partial charge in [-0.15, -0.1) is 0 Å². The molecular formula is C23H41NO6. The first-order valence-electron chi connectivity index (χ1n) is 11.5. The van der Waals surface area contributed by atoms with Gasteiger partial charge in [0.1, 0.15) is 12.4 Å². The average Bonchev–Trinajstić information content (AvgIpc) is 2.88. The van der Waals surface area contributed by atoms with Crippen LogP contribution in [0.2, 0.25) is 0 Å². The van der Waals surface area contributed by atoms with Gasteiger partial charge in [0.2, 0.25) is 0 Å². The molecule has 30 heavy (non-hydrogen) atoms. The number of carbonyl (C=O) groups is 1. The van der Waals surface area contributed by atoms with Crippen LogP contribution in [0.5, 0.6) is 0 Å². The second-order valence-corrected chi connectivity index (χ2v) is 10.7. The Kier molecular flexibility index (Phi) is 7.07. The van der Waals surface area contributed by atoms with Gasteiger partial charge in [-0.1, -0.05) is 6.92 Å². The fourth-order valence-electron chi connectivity index (χ4n) is 6.41. The van der Waals surface area contributed by atoms with Gasteiger partial charge < -0.3 is 29.3 Å². The Hall–Kier alpha value is -0.890. The van der Waals surface area contributed by atoms with Crippen LogP contribution in [0.15, 0.2) is 0 Å². The van der Waals surface area contributed by atoms with Crippen LogP contribution in [0.4, 0.5) is 4.79 Å². The van der Waals surface area contributed by atoms with Crippen molar-refractivity contribution in [2.75, 3.05) is 27.0 Å². The molecular weight excluding hydrogens is 386 g/mol. The molecule has 3 fully saturated rings. The second kappa shape index (κ2) is 8.93. The van der Waals surface area contributed by atoms with Gasteiger partial charge in [-0.3, -0.25) is 0 Å². The van der Waals surface area contributed by atoms with Crippen LogP contribution in [0, 0.1) is 17.3 Å². The maximum absolute atomic E-state index is 12.7. The molecule has 2 unspecified atom stereocenters. The fourth-order valence-corrected chi connectivity index (χ4v) is 6.41. The van der Waals surface area contributed by atoms with Crippen molar-refractivity contribution in [3.63, 3.8) is 0 Å². The molecule has 3 aliphatic rings. The summed E-state index contributed by atoms with van der Waals surface area (Å²) in [4.78, 5) is 14.4. The van der Waals surface area contributed by atoms with Crippen LogP contribution in [0.1, 0.15) is 72.6 Å². The van der Waals surface area contributed by atoms with Crippen LogP contribution in [0.25, 0.3) is 0 Å². The zero-order chi connectivity index (χ0) is 22.2. The zero-order valence-electron chi connectivity index (χ0n) is 19.4. The Labute approximate surface area is 181 Å². The van der Waals surface area contributed by atoms with Crippen molar-refractivity contribution in [2.24, 2.45) is 17.3 Å². The second-order valence-electron chi connectivity index (χ2n) is 10.7. The highest BCUT2D eigenvalue weighted by atomic mass is 16.7. The smallest absolute Gasteiger partial charge is 0.410 e. The lowest BCUT2D eigenvalue weighted by molar-refractivity contribution is -0.228. The number of hydrogen-bond acceptors (Lipinski definition) is 6. The SMILES string of the molecule is COCO[C@H]1C[C@H](C)CC2C[C@H](O)[C@@]3(O)CCCN(C(=O)OC(C)(C)C)CCCC213. The topological polar surface area (TPSA) is 88.5 Å². The van der Waals surface area contributed by atoms with E-state index in [-0.39, 0.29) is 24.9 Å². The predicted molar refractivity (Wildman–Crippen MR) is 113 cm³/mol. The lowest BCUT2D eigenvalue weighted by atomic mass is 9.55. The molecule has 2 saturated carbocycles. The van der Waals surface area contributed by atoms with Gasteiger partial charge >= 0.3 is 6.09 Å². The summed E-state index contributed by atoms with van der Waals surface area (Å²) >= 11 is 0. The molecule has 6 atom stereocenters. The van der Waals surface area contributed by atoms with E-state index in [0.717, 1.165) is 19.3 Å². The van der Waals surface area contributed by atoms with Gasteiger partial charge in [0.25, 0.3) is 0 Å². The van der Waals surface area contributed by atoms with E-state index in [1.807, 2.05) is 20.8 Å². The summed E-state index contributed by atoms with van der Waals surface area (Å²) in [6.45, 7) is 9.12. The molecule has 174 valence electrons. The minimum absolute atomic E-state index is 0.165. The Bertz CT molecular complexity index is 607. The summed E-state index contributed by atoms with van der Waals surface area (Å²) in [5.74, 6) is 0.680. The third-order valence-electron chi connectivity index (χ3n) is 7.51. The maximum atomic E-state index is 12.7. The van der Waals surface area contributed by atoms with Gasteiger partial charge in [0.15, 0.2) is 0 Å². The van der Waals surface area contributed by atoms with Crippen molar-refractivity contribution in [3.05, 3.63) is 0 Å². The molecule has 7 heteroatoms. The Balaban J connectivity index is 1.87. The molecule has 0 radical (unpaired) electrons. The van der Waals surface area contributed by atoms with E-state index >= 15 is 0 Å². The molecule has 0 aromatic rings. The highest BCUT2D eigenvalue weighted by Crippen LogP contribution is 2.63. The number of amides is 1. The lowest BCUT2D eigenvalue weighted by Crippen LogP contribution is -2.61. The van der Waals surface area contributed by atoms with Crippen molar-refractivity contribution in [2.45, 2.75) is 96.1 Å². The molecule has 2 aliphatic carbocycles. The summed E-state index contributed by atoms with van der Waals surface area (Å²) in [7, 11) is 1.61. The van der Waals surface area contributed by atoms with Crippen LogP contribution >= 0.6 is 0 Å². The molecule has 7 nitrogen and oxygen atoms in total. The fraction of sp³-hybridized carbons (Fsp3) is 0.957. The van der Waals surface area contributed by atoms with E-state index in [0.29, 0.717) is 44.7 Å². The number of aliphatic hydroxyl groups is 2. The summed E-state index contributed by atoms with van der Waals surface area (Å²) in [5, 5.41) is 23.0. The molecule has 1 spiro atoms. The molecule has 0 aromatic heterocycles. The first-order chi connectivity index (χ1) is 14.0. The third kappa shape index (κ3) is 4.36. The normalized spacial score (nSPS) is 40.0. The number of carbonyl (C=O) groups excluding carboxylic acids is 1. The van der Waals surface area contributed by atoms with Crippen LogP contribution in [-0.4, -0.2) is 71.6 Å². The molecule has 1 saturated heterocycles. The molecule has 1 aliphatic heterocycles. The third-order valence-corrected chi connectivity index (χ3v) is 7.51. The minimum Gasteiger partial charge on any atom is -0.444 e. The number of rotatable bonds is 3. The van der Waals surface area contributed by atoms with Crippen LogP contribution in [-0.2, 0) is 14.2 Å². The highest BCUT2D eigenvalue weighted by molar-refractivity contribution is 5.68. The minimum atomic E-state index is -1.21. The van der Waals surface area contributed by atoms with Gasteiger partial charge in [0, 0.05) is 25.6 Å². The van der Waals surface area contributed by atoms with Crippen molar-refractivity contribution >= 4 is 6.09 Å². The van der Waals surface area contributed by atoms with Crippen molar-refractivity contribution in [1.29, 1.82) is 0 Å². The van der Waals surface area contributed by atoms with Crippen molar-refractivity contribution in [3.8, 4) is 0 Å². The lowest BCUT2D eigenvalue weighted by Gasteiger charge is -2.54. The van der Waals surface area contributed by atoms with Gasteiger partial charge in [-0.25, -0.2) is 4.79 Å². The average molecular weight is 428 g/mol. The largest absolute Gasteiger partial charge is 0.444 e. The number of hydrogen-bond donors (Lipinski definition) is 2. The van der Waals surface area contributed by atoms with E-state index in [1.54, 1.807) is 12.0 Å². The van der Waals surface area contributed by atoms with E-state index in [1.165, 1.54) is 0 Å². The van der Waals surface area contributed by atoms with Gasteiger partial charge in [-0.2, -0.15) is 0 Å². The zero-order valence-corrected chi connectivity index (χ0v) is 19.4. The molecule has 2 N–H and O–H groups in total. The monoisotopic (exact) mass is 427 g/mol. The standard InChI is InChI=1S/C23H41NO6/c1-16-12-17-14-18(25)23(27)9-7-11-24(20(26)30-21(2,3)4)10-6-8-22(17,23)19(13-16)29-15-28-5/h16-19,25,27H,6-15H2,1-5H3/t16-,17?,18+,19+,22?,23+/m1/s1. The number of aliphatic hydroxyl groups excluding tert-OH is 1. The molecule has 0 bridgehead atoms. The summed E-state index contributed by atoms with van der Waals surface area (Å²) in [6, 6.07) is 0. The quantitative estimate of drug-likeness (QED) is 0.672. The maximum Gasteiger partial charge on any atom is 0.410 e. The summed E-state index contributed by atoms with van der Waals surface area (Å²) in [6.07, 6.45) is 3.74. The van der Waals surface area contributed by atoms with Crippen molar-refractivity contribution < 1.29 is 29.2 Å². The van der Waals surface area contributed by atoms with Gasteiger partial charge in [-0.05, 0) is 77.6 Å². The highest BCUT2D eigenvalue weighted by Gasteiger charge is 2.68. The Morgan fingerprint density at radius 3 is 2.43 bits per heavy atom. The Morgan fingerprint density at radius 1 is 1.13 bits per heavy atom. The number of methoxy groups -OCH3 is 1. The number of ether oxygens (including phenoxy) is 3. The molecule has 0 aromatic carbocycles. The van der Waals surface area contributed by atoms with E-state index in [4.69, 9.17) is 14.2 Å². The molecule has 3 rings (SSSR count). The van der Waals surface area contributed by atoms with Gasteiger partial charge in [0.05, 0.1) is 17.8 Å². The summed E-state index contributed by atoms with van der Waals surface area (Å²) < 4.78 is 17.0. The van der Waals surface area contributed by atoms with E-state index in [2.05, 4.69) is 6.92 Å². The van der Waals surface area contributed by atoms with E-state index < -0.39 is 22.7 Å². The Morgan fingerprint density at radius 2 is 1.80 bits per heavy atom. The first-order valence-corrected chi connectivity index (χ1v) is 11.5. The first kappa shape index (κ1) is 23.8. The van der Waals surface area contributed by atoms with Crippen molar-refractivity contribution in [1.82, 2.24) is 4.90 Å². The van der Waals surface area contributed by atoms with Crippen LogP contribution in [0.3, 0.4) is 0 Å². The molecule has 1 heterocycles. The summed E-state index contributed by atoms with van der Waals surface area (Å²) in [5.41, 5.74) is -2.26. The van der Waals surface area contributed by atoms with E-state index in [9.17, 15) is 15.0 Å².